The standard InChI is InChI=1S/C13H16F3NO2/c1-2-10-8-18-12(7-17-10)9-3-5-11(6-4-9)19-13(14,15)16/h3-6,10,12,17H,2,7-8H2,1H3. The first-order valence-corrected chi connectivity index (χ1v) is 6.18. The van der Waals surface area contributed by atoms with Gasteiger partial charge in [-0.2, -0.15) is 0 Å². The molecule has 1 N–H and O–H groups in total. The van der Waals surface area contributed by atoms with Gasteiger partial charge < -0.3 is 14.8 Å². The second-order valence-corrected chi connectivity index (χ2v) is 4.45. The number of hydrogen-bond donors (Lipinski definition) is 1. The van der Waals surface area contributed by atoms with Crippen LogP contribution in [0, 0.1) is 0 Å². The van der Waals surface area contributed by atoms with Gasteiger partial charge in [0.2, 0.25) is 0 Å². The first-order valence-electron chi connectivity index (χ1n) is 6.18. The molecule has 106 valence electrons. The van der Waals surface area contributed by atoms with Crippen molar-refractivity contribution in [3.05, 3.63) is 29.8 Å². The second kappa shape index (κ2) is 5.79. The number of rotatable bonds is 3. The highest BCUT2D eigenvalue weighted by molar-refractivity contribution is 5.29. The molecule has 1 heterocycles. The molecule has 2 atom stereocenters. The van der Waals surface area contributed by atoms with E-state index in [1.165, 1.54) is 12.1 Å². The summed E-state index contributed by atoms with van der Waals surface area (Å²) >= 11 is 0. The molecule has 1 saturated heterocycles. The van der Waals surface area contributed by atoms with Crippen molar-refractivity contribution < 1.29 is 22.6 Å². The predicted molar refractivity (Wildman–Crippen MR) is 63.9 cm³/mol. The Morgan fingerprint density at radius 3 is 2.47 bits per heavy atom. The Morgan fingerprint density at radius 2 is 2.00 bits per heavy atom. The van der Waals surface area contributed by atoms with Crippen molar-refractivity contribution in [3.63, 3.8) is 0 Å². The fourth-order valence-corrected chi connectivity index (χ4v) is 1.98. The van der Waals surface area contributed by atoms with E-state index < -0.39 is 6.36 Å². The van der Waals surface area contributed by atoms with Gasteiger partial charge in [-0.05, 0) is 24.1 Å². The Bertz CT molecular complexity index is 397. The summed E-state index contributed by atoms with van der Waals surface area (Å²) < 4.78 is 45.6. The Hall–Kier alpha value is -1.27. The fourth-order valence-electron chi connectivity index (χ4n) is 1.98. The second-order valence-electron chi connectivity index (χ2n) is 4.45. The molecule has 1 aliphatic rings. The molecule has 0 radical (unpaired) electrons. The molecule has 0 bridgehead atoms. The molecule has 0 saturated carbocycles. The number of nitrogens with one attached hydrogen (secondary N) is 1. The van der Waals surface area contributed by atoms with E-state index in [4.69, 9.17) is 4.74 Å². The molecule has 3 nitrogen and oxygen atoms in total. The Balaban J connectivity index is 1.95. The van der Waals surface area contributed by atoms with E-state index in [1.54, 1.807) is 12.1 Å². The lowest BCUT2D eigenvalue weighted by atomic mass is 10.1. The smallest absolute Gasteiger partial charge is 0.406 e. The Morgan fingerprint density at radius 1 is 1.32 bits per heavy atom. The maximum absolute atomic E-state index is 12.0. The molecule has 1 aliphatic heterocycles. The fraction of sp³-hybridized carbons (Fsp3) is 0.538. The van der Waals surface area contributed by atoms with Gasteiger partial charge in [-0.25, -0.2) is 0 Å². The summed E-state index contributed by atoms with van der Waals surface area (Å²) in [5, 5.41) is 3.33. The number of morpholine rings is 1. The van der Waals surface area contributed by atoms with E-state index in [9.17, 15) is 13.2 Å². The maximum Gasteiger partial charge on any atom is 0.573 e. The van der Waals surface area contributed by atoms with E-state index in [0.29, 0.717) is 19.2 Å². The highest BCUT2D eigenvalue weighted by Crippen LogP contribution is 2.26. The van der Waals surface area contributed by atoms with Crippen molar-refractivity contribution in [2.75, 3.05) is 13.2 Å². The largest absolute Gasteiger partial charge is 0.573 e. The van der Waals surface area contributed by atoms with E-state index in [2.05, 4.69) is 17.0 Å². The number of benzene rings is 1. The average Bonchev–Trinajstić information content (AvgIpc) is 2.38. The van der Waals surface area contributed by atoms with Crippen LogP contribution in [0.2, 0.25) is 0 Å². The van der Waals surface area contributed by atoms with Crippen LogP contribution in [-0.2, 0) is 4.74 Å². The van der Waals surface area contributed by atoms with Gasteiger partial charge in [0.15, 0.2) is 0 Å². The number of alkyl halides is 3. The van der Waals surface area contributed by atoms with Crippen molar-refractivity contribution in [2.24, 2.45) is 0 Å². The zero-order chi connectivity index (χ0) is 13.9. The normalized spacial score (nSPS) is 24.2. The third kappa shape index (κ3) is 4.11. The average molecular weight is 275 g/mol. The van der Waals surface area contributed by atoms with Crippen LogP contribution in [0.15, 0.2) is 24.3 Å². The summed E-state index contributed by atoms with van der Waals surface area (Å²) in [6.45, 7) is 3.35. The first-order chi connectivity index (χ1) is 8.98. The quantitative estimate of drug-likeness (QED) is 0.919. The van der Waals surface area contributed by atoms with Crippen LogP contribution in [0.25, 0.3) is 0 Å². The predicted octanol–water partition coefficient (Wildman–Crippen LogP) is 3.02. The van der Waals surface area contributed by atoms with Crippen molar-refractivity contribution in [1.82, 2.24) is 5.32 Å². The monoisotopic (exact) mass is 275 g/mol. The molecule has 0 aromatic heterocycles. The van der Waals surface area contributed by atoms with Gasteiger partial charge in [0, 0.05) is 12.6 Å². The third-order valence-electron chi connectivity index (χ3n) is 3.07. The number of hydrogen-bond acceptors (Lipinski definition) is 3. The summed E-state index contributed by atoms with van der Waals surface area (Å²) in [5.74, 6) is -0.216. The minimum Gasteiger partial charge on any atom is -0.406 e. The zero-order valence-corrected chi connectivity index (χ0v) is 10.5. The van der Waals surface area contributed by atoms with Crippen LogP contribution in [0.5, 0.6) is 5.75 Å². The lowest BCUT2D eigenvalue weighted by Crippen LogP contribution is -2.42. The van der Waals surface area contributed by atoms with Gasteiger partial charge in [-0.15, -0.1) is 13.2 Å². The van der Waals surface area contributed by atoms with E-state index in [1.807, 2.05) is 0 Å². The Labute approximate surface area is 109 Å². The van der Waals surface area contributed by atoms with Crippen molar-refractivity contribution in [3.8, 4) is 5.75 Å². The van der Waals surface area contributed by atoms with Crippen LogP contribution in [0.4, 0.5) is 13.2 Å². The highest BCUT2D eigenvalue weighted by Gasteiger charge is 2.31. The molecule has 1 aromatic carbocycles. The van der Waals surface area contributed by atoms with Gasteiger partial charge in [-0.1, -0.05) is 19.1 Å². The van der Waals surface area contributed by atoms with E-state index >= 15 is 0 Å². The van der Waals surface area contributed by atoms with Crippen LogP contribution < -0.4 is 10.1 Å². The van der Waals surface area contributed by atoms with Crippen molar-refractivity contribution in [2.45, 2.75) is 31.9 Å². The van der Waals surface area contributed by atoms with Gasteiger partial charge in [0.1, 0.15) is 5.75 Å². The zero-order valence-electron chi connectivity index (χ0n) is 10.5. The maximum atomic E-state index is 12.0. The van der Waals surface area contributed by atoms with Crippen LogP contribution in [0.1, 0.15) is 25.0 Å². The minimum atomic E-state index is -4.65. The van der Waals surface area contributed by atoms with Gasteiger partial charge in [-0.3, -0.25) is 0 Å². The molecule has 2 unspecified atom stereocenters. The van der Waals surface area contributed by atoms with E-state index in [-0.39, 0.29) is 11.9 Å². The topological polar surface area (TPSA) is 30.5 Å². The third-order valence-corrected chi connectivity index (χ3v) is 3.07. The highest BCUT2D eigenvalue weighted by atomic mass is 19.4. The molecule has 2 rings (SSSR count). The van der Waals surface area contributed by atoms with Gasteiger partial charge >= 0.3 is 6.36 Å². The molecule has 1 aromatic rings. The van der Waals surface area contributed by atoms with Gasteiger partial charge in [0.05, 0.1) is 12.7 Å². The van der Waals surface area contributed by atoms with E-state index in [0.717, 1.165) is 12.0 Å². The first kappa shape index (κ1) is 14.1. The van der Waals surface area contributed by atoms with Crippen molar-refractivity contribution >= 4 is 0 Å². The summed E-state index contributed by atoms with van der Waals surface area (Å²) in [7, 11) is 0. The molecular weight excluding hydrogens is 259 g/mol. The summed E-state index contributed by atoms with van der Waals surface area (Å²) in [6, 6.07) is 6.15. The van der Waals surface area contributed by atoms with Crippen LogP contribution in [0.3, 0.4) is 0 Å². The molecule has 0 spiro atoms. The van der Waals surface area contributed by atoms with Gasteiger partial charge in [0.25, 0.3) is 0 Å². The summed E-state index contributed by atoms with van der Waals surface area (Å²) in [5.41, 5.74) is 0.844. The lowest BCUT2D eigenvalue weighted by Gasteiger charge is -2.30. The molecule has 6 heteroatoms. The summed E-state index contributed by atoms with van der Waals surface area (Å²) in [4.78, 5) is 0. The lowest BCUT2D eigenvalue weighted by molar-refractivity contribution is -0.274. The molecular formula is C13H16F3NO2. The number of ether oxygens (including phenoxy) is 2. The SMILES string of the molecule is CCC1COC(c2ccc(OC(F)(F)F)cc2)CN1. The summed E-state index contributed by atoms with van der Waals surface area (Å²) in [6.07, 6.45) is -3.79. The Kier molecular flexibility index (Phi) is 4.31. The molecule has 19 heavy (non-hydrogen) atoms. The number of halogens is 3. The van der Waals surface area contributed by atoms with Crippen LogP contribution >= 0.6 is 0 Å². The molecule has 0 aliphatic carbocycles. The van der Waals surface area contributed by atoms with Crippen LogP contribution in [-0.4, -0.2) is 25.6 Å². The van der Waals surface area contributed by atoms with Crippen molar-refractivity contribution in [1.29, 1.82) is 0 Å². The minimum absolute atomic E-state index is 0.122. The molecule has 0 amide bonds. The molecule has 1 fully saturated rings.